The molecule has 2 saturated heterocycles. The molecule has 15 nitrogen and oxygen atoms in total. The Morgan fingerprint density at radius 2 is 1.55 bits per heavy atom. The normalized spacial score (nSPS) is 49.9. The second-order valence-electron chi connectivity index (χ2n) is 18.9. The Labute approximate surface area is 351 Å². The van der Waals surface area contributed by atoms with Gasteiger partial charge in [0, 0.05) is 50.2 Å². The van der Waals surface area contributed by atoms with E-state index in [0.29, 0.717) is 6.42 Å². The number of ether oxygens (including phenoxy) is 6. The van der Waals surface area contributed by atoms with Crippen LogP contribution in [0, 0.1) is 16.7 Å². The lowest BCUT2D eigenvalue weighted by atomic mass is 9.38. The van der Waals surface area contributed by atoms with Crippen molar-refractivity contribution in [1.29, 1.82) is 0 Å². The van der Waals surface area contributed by atoms with Crippen LogP contribution in [-0.4, -0.2) is 150 Å². The van der Waals surface area contributed by atoms with Gasteiger partial charge in [-0.05, 0) is 58.4 Å². The zero-order chi connectivity index (χ0) is 43.6. The van der Waals surface area contributed by atoms with Gasteiger partial charge in [0.05, 0.1) is 53.7 Å². The van der Waals surface area contributed by atoms with Gasteiger partial charge in [0.25, 0.3) is 0 Å². The van der Waals surface area contributed by atoms with E-state index in [2.05, 4.69) is 0 Å². The minimum Gasteiger partial charge on any atom is -0.458 e. The van der Waals surface area contributed by atoms with Crippen LogP contribution in [0.2, 0.25) is 0 Å². The first kappa shape index (κ1) is 45.7. The first-order valence-corrected chi connectivity index (χ1v) is 21.5. The predicted octanol–water partition coefficient (Wildman–Crippen LogP) is 2.02. The number of methoxy groups -OCH3 is 1. The number of hydrogen-bond donors (Lipinski definition) is 8. The average molecular weight is 847 g/mol. The molecule has 8 N–H and O–H groups in total. The summed E-state index contributed by atoms with van der Waals surface area (Å²) >= 11 is 0. The summed E-state index contributed by atoms with van der Waals surface area (Å²) in [6.45, 7) is 8.16. The van der Waals surface area contributed by atoms with Crippen LogP contribution in [0.4, 0.5) is 0 Å². The van der Waals surface area contributed by atoms with Gasteiger partial charge in [-0.15, -0.1) is 0 Å². The minimum absolute atomic E-state index is 0.0477. The number of rotatable bonds is 10. The van der Waals surface area contributed by atoms with Crippen LogP contribution >= 0.6 is 0 Å². The van der Waals surface area contributed by atoms with Crippen molar-refractivity contribution in [3.63, 3.8) is 0 Å². The number of aliphatic hydroxyl groups excluding tert-OH is 4. The molecule has 6 aliphatic rings. The third-order valence-corrected chi connectivity index (χ3v) is 16.0. The molecular weight excluding hydrogens is 780 g/mol. The second kappa shape index (κ2) is 16.6. The van der Waals surface area contributed by atoms with Gasteiger partial charge in [0.1, 0.15) is 35.1 Å². The van der Waals surface area contributed by atoms with Gasteiger partial charge in [-0.1, -0.05) is 62.4 Å². The van der Waals surface area contributed by atoms with Crippen molar-refractivity contribution in [2.45, 2.75) is 188 Å². The Kier molecular flexibility index (Phi) is 12.7. The molecule has 0 radical (unpaired) electrons. The van der Waals surface area contributed by atoms with Crippen molar-refractivity contribution in [2.75, 3.05) is 7.11 Å². The van der Waals surface area contributed by atoms with E-state index in [9.17, 15) is 45.6 Å². The van der Waals surface area contributed by atoms with Gasteiger partial charge < -0.3 is 69.3 Å². The number of hydrogen-bond acceptors (Lipinski definition) is 15. The van der Waals surface area contributed by atoms with Crippen LogP contribution in [0.25, 0.3) is 6.08 Å². The van der Waals surface area contributed by atoms with Crippen molar-refractivity contribution in [3.8, 4) is 0 Å². The molecule has 0 aromatic heterocycles. The summed E-state index contributed by atoms with van der Waals surface area (Å²) in [5.41, 5.74) is -10.2. The number of benzene rings is 1. The monoisotopic (exact) mass is 846 g/mol. The molecule has 7 rings (SSSR count). The molecule has 19 atom stereocenters. The first-order valence-electron chi connectivity index (χ1n) is 21.5. The summed E-state index contributed by atoms with van der Waals surface area (Å²) in [4.78, 5) is 13.5. The Morgan fingerprint density at radius 3 is 2.22 bits per heavy atom. The molecule has 4 saturated carbocycles. The third kappa shape index (κ3) is 7.23. The first-order chi connectivity index (χ1) is 28.2. The summed E-state index contributed by atoms with van der Waals surface area (Å²) in [6, 6.07) is 9.50. The fraction of sp³-hybridized carbons (Fsp3) is 0.756. The van der Waals surface area contributed by atoms with Crippen LogP contribution in [0.15, 0.2) is 48.6 Å². The Morgan fingerprint density at radius 1 is 0.867 bits per heavy atom. The van der Waals surface area contributed by atoms with Gasteiger partial charge in [-0.25, -0.2) is 4.79 Å². The van der Waals surface area contributed by atoms with Crippen molar-refractivity contribution >= 4 is 12.0 Å². The van der Waals surface area contributed by atoms with Crippen LogP contribution in [-0.2, 0) is 33.2 Å². The molecule has 2 heterocycles. The smallest absolute Gasteiger partial charge is 0.331 e. The van der Waals surface area contributed by atoms with E-state index >= 15 is 0 Å². The summed E-state index contributed by atoms with van der Waals surface area (Å²) in [5.74, 6) is -1.70. The van der Waals surface area contributed by atoms with Crippen LogP contribution in [0.5, 0.6) is 0 Å². The van der Waals surface area contributed by atoms with E-state index in [1.165, 1.54) is 33.1 Å². The molecule has 0 bridgehead atoms. The fourth-order valence-electron chi connectivity index (χ4n) is 12.3. The van der Waals surface area contributed by atoms with Gasteiger partial charge in [-0.2, -0.15) is 0 Å². The molecule has 60 heavy (non-hydrogen) atoms. The molecular formula is C45H66O15. The highest BCUT2D eigenvalue weighted by Gasteiger charge is 2.84. The number of carbonyl (C=O) groups is 1. The number of allylic oxidation sites excluding steroid dienone is 2. The number of carbonyl (C=O) groups excluding carboxylic acids is 1. The average Bonchev–Trinajstić information content (AvgIpc) is 3.43. The molecule has 15 heteroatoms. The SMILES string of the molecule is CO[C@H]1C[C@H](O[C@H]2[C@@H](O)C[C@H](O[C@H]3CC[C@]4(C)[C@H]5C[C@@H](OC(=O)/C=C/C=C/c6ccccc6)[C@@]6(C)[C@](O)(CC[C@@]6(O)[C@H](C)O)[C@]5(O)C[C@@H](O)[C@@]4(O)C3)O[C@@H]2C)O[C@H](C)[C@H]1O. The molecule has 0 amide bonds. The van der Waals surface area contributed by atoms with E-state index in [4.69, 9.17) is 28.4 Å². The van der Waals surface area contributed by atoms with E-state index < -0.39 is 125 Å². The maximum absolute atomic E-state index is 13.5. The molecule has 1 aromatic carbocycles. The van der Waals surface area contributed by atoms with Crippen molar-refractivity contribution in [3.05, 3.63) is 54.1 Å². The minimum atomic E-state index is -2.17. The van der Waals surface area contributed by atoms with Crippen molar-refractivity contribution in [2.24, 2.45) is 16.7 Å². The number of fused-ring (bicyclic) bond motifs is 5. The lowest BCUT2D eigenvalue weighted by Crippen LogP contribution is -2.83. The summed E-state index contributed by atoms with van der Waals surface area (Å²) in [6.07, 6.45) is -4.44. The Bertz CT molecular complexity index is 1730. The molecule has 336 valence electrons. The molecule has 4 aliphatic carbocycles. The van der Waals surface area contributed by atoms with Crippen molar-refractivity contribution < 1.29 is 74.1 Å². The van der Waals surface area contributed by atoms with Gasteiger partial charge >= 0.3 is 5.97 Å². The lowest BCUT2D eigenvalue weighted by molar-refractivity contribution is -0.375. The zero-order valence-electron chi connectivity index (χ0n) is 35.5. The molecule has 1 aromatic rings. The highest BCUT2D eigenvalue weighted by atomic mass is 16.7. The predicted molar refractivity (Wildman–Crippen MR) is 214 cm³/mol. The van der Waals surface area contributed by atoms with Crippen LogP contribution in [0.1, 0.15) is 98.0 Å². The van der Waals surface area contributed by atoms with E-state index in [0.717, 1.165) is 5.56 Å². The van der Waals surface area contributed by atoms with Gasteiger partial charge in [0.15, 0.2) is 12.6 Å². The van der Waals surface area contributed by atoms with Crippen LogP contribution in [0.3, 0.4) is 0 Å². The van der Waals surface area contributed by atoms with E-state index in [1.807, 2.05) is 36.4 Å². The Balaban J connectivity index is 1.08. The number of aliphatic hydroxyl groups is 8. The standard InChI is InChI=1S/C45H66O15/c1-25-38(50)31(55-6)21-37(56-25)60-39-26(2)57-36(20-30(39)47)58-29-16-17-40(4)32-22-34(59-35(49)15-11-10-14-28-12-8-7-9-13-28)41(5)42(51,27(3)46)18-19-45(41,54)43(32,52)24-33(48)44(40,53)23-29/h7-15,25-27,29-34,36-39,46-48,50-54H,16-24H2,1-6H3/b14-10+,15-11+/t25-,26-,27+,29+,30+,31+,32-,33-,34-,36+,37+,38-,39-,40-,41-,42-,43+,44+,45-/m1/s1. The highest BCUT2D eigenvalue weighted by molar-refractivity contribution is 5.82. The number of esters is 1. The summed E-state index contributed by atoms with van der Waals surface area (Å²) < 4.78 is 36.1. The molecule has 0 unspecified atom stereocenters. The van der Waals surface area contributed by atoms with Gasteiger partial charge in [-0.3, -0.25) is 0 Å². The van der Waals surface area contributed by atoms with E-state index in [1.54, 1.807) is 26.8 Å². The lowest BCUT2D eigenvalue weighted by Gasteiger charge is -2.71. The molecule has 0 spiro atoms. The topological polar surface area (TPSA) is 234 Å². The molecule has 6 fully saturated rings. The van der Waals surface area contributed by atoms with Gasteiger partial charge in [0.2, 0.25) is 0 Å². The quantitative estimate of drug-likeness (QED) is 0.0729. The van der Waals surface area contributed by atoms with Crippen LogP contribution < -0.4 is 0 Å². The largest absolute Gasteiger partial charge is 0.458 e. The Hall–Kier alpha value is -2.35. The molecule has 2 aliphatic heterocycles. The highest BCUT2D eigenvalue weighted by Crippen LogP contribution is 2.73. The third-order valence-electron chi connectivity index (χ3n) is 16.0. The maximum atomic E-state index is 13.5. The van der Waals surface area contributed by atoms with Crippen molar-refractivity contribution in [1.82, 2.24) is 0 Å². The summed E-state index contributed by atoms with van der Waals surface area (Å²) in [5, 5.41) is 95.2. The van der Waals surface area contributed by atoms with E-state index in [-0.39, 0.29) is 44.9 Å². The fourth-order valence-corrected chi connectivity index (χ4v) is 12.3. The zero-order valence-corrected chi connectivity index (χ0v) is 35.5. The maximum Gasteiger partial charge on any atom is 0.331 e. The second-order valence-corrected chi connectivity index (χ2v) is 18.9. The summed E-state index contributed by atoms with van der Waals surface area (Å²) in [7, 11) is 1.51.